The smallest absolute Gasteiger partial charge is 0.228 e. The molecule has 1 N–H and O–H groups in total. The van der Waals surface area contributed by atoms with Gasteiger partial charge in [-0.05, 0) is 42.3 Å². The molecule has 0 aromatic heterocycles. The van der Waals surface area contributed by atoms with Gasteiger partial charge in [0.25, 0.3) is 0 Å². The fourth-order valence-corrected chi connectivity index (χ4v) is 2.08. The van der Waals surface area contributed by atoms with Crippen molar-refractivity contribution in [3.05, 3.63) is 63.6 Å². The molecule has 4 heteroatoms. The van der Waals surface area contributed by atoms with Crippen molar-refractivity contribution < 1.29 is 4.79 Å². The van der Waals surface area contributed by atoms with E-state index < -0.39 is 0 Å². The van der Waals surface area contributed by atoms with Gasteiger partial charge in [0, 0.05) is 5.69 Å². The summed E-state index contributed by atoms with van der Waals surface area (Å²) in [5.41, 5.74) is 2.73. The molecule has 0 saturated heterocycles. The van der Waals surface area contributed by atoms with Gasteiger partial charge in [-0.3, -0.25) is 4.79 Å². The lowest BCUT2D eigenvalue weighted by Gasteiger charge is -2.06. The Hall–Kier alpha value is -1.51. The molecule has 0 aliphatic carbocycles. The summed E-state index contributed by atoms with van der Waals surface area (Å²) in [6.07, 6.45) is 0.269. The molecule has 0 atom stereocenters. The lowest BCUT2D eigenvalue weighted by Crippen LogP contribution is -2.14. The van der Waals surface area contributed by atoms with Crippen molar-refractivity contribution in [1.29, 1.82) is 0 Å². The Kier molecular flexibility index (Phi) is 4.46. The lowest BCUT2D eigenvalue weighted by molar-refractivity contribution is -0.115. The Balaban J connectivity index is 2.03. The first kappa shape index (κ1) is 13.9. The third-order valence-electron chi connectivity index (χ3n) is 2.65. The molecule has 0 fully saturated rings. The van der Waals surface area contributed by atoms with Crippen molar-refractivity contribution >= 4 is 34.8 Å². The SMILES string of the molecule is Cc1cccc(NC(=O)Cc2ccc(Cl)c(Cl)c2)c1. The largest absolute Gasteiger partial charge is 0.326 e. The third kappa shape index (κ3) is 3.98. The topological polar surface area (TPSA) is 29.1 Å². The van der Waals surface area contributed by atoms with Crippen LogP contribution in [0.3, 0.4) is 0 Å². The predicted octanol–water partition coefficient (Wildman–Crippen LogP) is 4.48. The van der Waals surface area contributed by atoms with Crippen LogP contribution in [0.4, 0.5) is 5.69 Å². The van der Waals surface area contributed by atoms with E-state index in [1.807, 2.05) is 31.2 Å². The molecule has 0 heterocycles. The van der Waals surface area contributed by atoms with Gasteiger partial charge in [0.2, 0.25) is 5.91 Å². The van der Waals surface area contributed by atoms with Gasteiger partial charge >= 0.3 is 0 Å². The Morgan fingerprint density at radius 2 is 1.89 bits per heavy atom. The second kappa shape index (κ2) is 6.09. The highest BCUT2D eigenvalue weighted by Gasteiger charge is 2.06. The minimum atomic E-state index is -0.0796. The number of halogens is 2. The van der Waals surface area contributed by atoms with Crippen LogP contribution in [0.5, 0.6) is 0 Å². The van der Waals surface area contributed by atoms with Gasteiger partial charge in [-0.15, -0.1) is 0 Å². The Bertz CT molecular complexity index is 611. The number of benzene rings is 2. The molecule has 2 nitrogen and oxygen atoms in total. The van der Waals surface area contributed by atoms with Crippen LogP contribution in [0.2, 0.25) is 10.0 Å². The Morgan fingerprint density at radius 1 is 1.11 bits per heavy atom. The number of hydrogen-bond acceptors (Lipinski definition) is 1. The summed E-state index contributed by atoms with van der Waals surface area (Å²) in [6, 6.07) is 12.9. The van der Waals surface area contributed by atoms with E-state index in [1.165, 1.54) is 0 Å². The molecule has 2 aromatic rings. The zero-order chi connectivity index (χ0) is 13.8. The molecular weight excluding hydrogens is 281 g/mol. The third-order valence-corrected chi connectivity index (χ3v) is 3.39. The number of anilines is 1. The fourth-order valence-electron chi connectivity index (χ4n) is 1.76. The van der Waals surface area contributed by atoms with Crippen LogP contribution < -0.4 is 5.32 Å². The van der Waals surface area contributed by atoms with Crippen LogP contribution in [0, 0.1) is 6.92 Å². The Labute approximate surface area is 122 Å². The van der Waals surface area contributed by atoms with Crippen LogP contribution in [-0.2, 0) is 11.2 Å². The van der Waals surface area contributed by atoms with E-state index in [4.69, 9.17) is 23.2 Å². The summed E-state index contributed by atoms with van der Waals surface area (Å²) in [5.74, 6) is -0.0796. The maximum absolute atomic E-state index is 11.9. The first-order valence-corrected chi connectivity index (χ1v) is 6.60. The highest BCUT2D eigenvalue weighted by molar-refractivity contribution is 6.42. The number of hydrogen-bond donors (Lipinski definition) is 1. The van der Waals surface area contributed by atoms with E-state index >= 15 is 0 Å². The lowest BCUT2D eigenvalue weighted by atomic mass is 10.1. The summed E-state index contributed by atoms with van der Waals surface area (Å²) in [5, 5.41) is 3.80. The highest BCUT2D eigenvalue weighted by Crippen LogP contribution is 2.23. The van der Waals surface area contributed by atoms with Gasteiger partial charge in [0.05, 0.1) is 16.5 Å². The van der Waals surface area contributed by atoms with Crippen LogP contribution in [0.15, 0.2) is 42.5 Å². The zero-order valence-corrected chi connectivity index (χ0v) is 11.9. The number of carbonyl (C=O) groups is 1. The van der Waals surface area contributed by atoms with E-state index in [2.05, 4.69) is 5.32 Å². The van der Waals surface area contributed by atoms with Gasteiger partial charge in [-0.25, -0.2) is 0 Å². The molecule has 2 aromatic carbocycles. The number of nitrogens with one attached hydrogen (secondary N) is 1. The van der Waals surface area contributed by atoms with Gasteiger partial charge in [0.15, 0.2) is 0 Å². The molecule has 1 amide bonds. The summed E-state index contributed by atoms with van der Waals surface area (Å²) in [4.78, 5) is 11.9. The van der Waals surface area contributed by atoms with Gasteiger partial charge < -0.3 is 5.32 Å². The van der Waals surface area contributed by atoms with Crippen molar-refractivity contribution in [1.82, 2.24) is 0 Å². The first-order chi connectivity index (χ1) is 9.04. The summed E-state index contributed by atoms with van der Waals surface area (Å²) in [6.45, 7) is 1.98. The maximum atomic E-state index is 11.9. The van der Waals surface area contributed by atoms with Crippen molar-refractivity contribution in [2.75, 3.05) is 5.32 Å². The summed E-state index contributed by atoms with van der Waals surface area (Å²) < 4.78 is 0. The van der Waals surface area contributed by atoms with Crippen LogP contribution in [-0.4, -0.2) is 5.91 Å². The average Bonchev–Trinajstić information content (AvgIpc) is 2.34. The van der Waals surface area contributed by atoms with Gasteiger partial charge in [-0.1, -0.05) is 41.4 Å². The molecule has 0 spiro atoms. The van der Waals surface area contributed by atoms with E-state index in [0.29, 0.717) is 10.0 Å². The minimum Gasteiger partial charge on any atom is -0.326 e. The first-order valence-electron chi connectivity index (χ1n) is 5.85. The van der Waals surface area contributed by atoms with E-state index in [-0.39, 0.29) is 12.3 Å². The molecule has 98 valence electrons. The minimum absolute atomic E-state index is 0.0796. The molecule has 19 heavy (non-hydrogen) atoms. The van der Waals surface area contributed by atoms with E-state index in [9.17, 15) is 4.79 Å². The number of carbonyl (C=O) groups excluding carboxylic acids is 1. The number of amides is 1. The van der Waals surface area contributed by atoms with Crippen molar-refractivity contribution in [2.24, 2.45) is 0 Å². The van der Waals surface area contributed by atoms with Gasteiger partial charge in [-0.2, -0.15) is 0 Å². The molecule has 0 radical (unpaired) electrons. The highest BCUT2D eigenvalue weighted by atomic mass is 35.5. The standard InChI is InChI=1S/C15H13Cl2NO/c1-10-3-2-4-12(7-10)18-15(19)9-11-5-6-13(16)14(17)8-11/h2-8H,9H2,1H3,(H,18,19). The van der Waals surface area contributed by atoms with Crippen molar-refractivity contribution in [3.8, 4) is 0 Å². The molecule has 0 aliphatic heterocycles. The number of aryl methyl sites for hydroxylation is 1. The zero-order valence-electron chi connectivity index (χ0n) is 10.4. The molecule has 0 unspecified atom stereocenters. The molecule has 0 aliphatic rings. The van der Waals surface area contributed by atoms with Gasteiger partial charge in [0.1, 0.15) is 0 Å². The van der Waals surface area contributed by atoms with Crippen molar-refractivity contribution in [3.63, 3.8) is 0 Å². The second-order valence-electron chi connectivity index (χ2n) is 4.34. The normalized spacial score (nSPS) is 10.3. The quantitative estimate of drug-likeness (QED) is 0.888. The van der Waals surface area contributed by atoms with Crippen LogP contribution >= 0.6 is 23.2 Å². The molecule has 0 bridgehead atoms. The fraction of sp³-hybridized carbons (Fsp3) is 0.133. The molecular formula is C15H13Cl2NO. The van der Waals surface area contributed by atoms with Crippen molar-refractivity contribution in [2.45, 2.75) is 13.3 Å². The summed E-state index contributed by atoms with van der Waals surface area (Å²) in [7, 11) is 0. The monoisotopic (exact) mass is 293 g/mol. The van der Waals surface area contributed by atoms with E-state index in [0.717, 1.165) is 16.8 Å². The Morgan fingerprint density at radius 3 is 2.58 bits per heavy atom. The molecule has 2 rings (SSSR count). The predicted molar refractivity (Wildman–Crippen MR) is 80.0 cm³/mol. The maximum Gasteiger partial charge on any atom is 0.228 e. The second-order valence-corrected chi connectivity index (χ2v) is 5.16. The average molecular weight is 294 g/mol. The molecule has 0 saturated carbocycles. The van der Waals surface area contributed by atoms with Crippen LogP contribution in [0.25, 0.3) is 0 Å². The summed E-state index contributed by atoms with van der Waals surface area (Å²) >= 11 is 11.7. The van der Waals surface area contributed by atoms with Crippen LogP contribution in [0.1, 0.15) is 11.1 Å². The number of rotatable bonds is 3. The van der Waals surface area contributed by atoms with E-state index in [1.54, 1.807) is 18.2 Å².